The molecule has 3 rings (SSSR count). The van der Waals surface area contributed by atoms with Crippen molar-refractivity contribution in [1.82, 2.24) is 10.3 Å². The molecule has 0 saturated carbocycles. The highest BCUT2D eigenvalue weighted by Gasteiger charge is 2.29. The first-order valence-electron chi connectivity index (χ1n) is 8.42. The molecule has 6 nitrogen and oxygen atoms in total. The molecule has 1 aliphatic rings. The number of aryl methyl sites for hydroxylation is 1. The van der Waals surface area contributed by atoms with Gasteiger partial charge in [0.15, 0.2) is 5.75 Å². The fourth-order valence-electron chi connectivity index (χ4n) is 2.71. The van der Waals surface area contributed by atoms with Crippen molar-refractivity contribution < 1.29 is 14.3 Å². The molecule has 0 radical (unpaired) electrons. The lowest BCUT2D eigenvalue weighted by molar-refractivity contribution is -0.120. The van der Waals surface area contributed by atoms with Gasteiger partial charge in [-0.3, -0.25) is 9.59 Å². The third-order valence-corrected chi connectivity index (χ3v) is 3.99. The Kier molecular flexibility index (Phi) is 4.97. The zero-order valence-corrected chi connectivity index (χ0v) is 14.4. The molecule has 0 bridgehead atoms. The number of hydrogen-bond acceptors (Lipinski definition) is 4. The van der Waals surface area contributed by atoms with E-state index in [4.69, 9.17) is 4.74 Å². The van der Waals surface area contributed by atoms with Gasteiger partial charge in [-0.05, 0) is 43.2 Å². The van der Waals surface area contributed by atoms with Crippen LogP contribution >= 0.6 is 0 Å². The molecule has 1 aromatic carbocycles. The second kappa shape index (κ2) is 7.34. The summed E-state index contributed by atoms with van der Waals surface area (Å²) in [4.78, 5) is 30.8. The molecule has 2 heterocycles. The minimum atomic E-state index is -0.212. The highest BCUT2D eigenvalue weighted by molar-refractivity contribution is 6.09. The highest BCUT2D eigenvalue weighted by atomic mass is 16.5. The van der Waals surface area contributed by atoms with Crippen LogP contribution in [0.3, 0.4) is 0 Å². The lowest BCUT2D eigenvalue weighted by atomic mass is 10.1. The number of hydrogen-bond donors (Lipinski definition) is 1. The molecule has 0 unspecified atom stereocenters. The van der Waals surface area contributed by atoms with Gasteiger partial charge in [-0.25, -0.2) is 4.98 Å². The van der Waals surface area contributed by atoms with Crippen molar-refractivity contribution in [1.29, 1.82) is 0 Å². The summed E-state index contributed by atoms with van der Waals surface area (Å²) >= 11 is 0. The second-order valence-electron chi connectivity index (χ2n) is 5.99. The Morgan fingerprint density at radius 1 is 1.32 bits per heavy atom. The van der Waals surface area contributed by atoms with E-state index in [2.05, 4.69) is 10.3 Å². The largest absolute Gasteiger partial charge is 0.436 e. The van der Waals surface area contributed by atoms with Crippen LogP contribution in [-0.4, -0.2) is 29.9 Å². The van der Waals surface area contributed by atoms with E-state index in [0.717, 1.165) is 12.0 Å². The number of benzene rings is 1. The summed E-state index contributed by atoms with van der Waals surface area (Å²) < 4.78 is 5.86. The Hall–Kier alpha value is -2.89. The van der Waals surface area contributed by atoms with Crippen LogP contribution in [0.5, 0.6) is 11.6 Å². The molecule has 6 heteroatoms. The third-order valence-electron chi connectivity index (χ3n) is 3.99. The zero-order chi connectivity index (χ0) is 17.8. The maximum absolute atomic E-state index is 13.0. The van der Waals surface area contributed by atoms with Gasteiger partial charge < -0.3 is 15.0 Å². The number of aromatic nitrogens is 1. The number of anilines is 1. The molecule has 130 valence electrons. The fraction of sp³-hybridized carbons (Fsp3) is 0.316. The average Bonchev–Trinajstić information content (AvgIpc) is 2.73. The number of pyridine rings is 1. The van der Waals surface area contributed by atoms with Crippen LogP contribution in [0.15, 0.2) is 36.5 Å². The van der Waals surface area contributed by atoms with Gasteiger partial charge in [-0.15, -0.1) is 0 Å². The zero-order valence-electron chi connectivity index (χ0n) is 14.4. The first-order chi connectivity index (χ1) is 12.1. The van der Waals surface area contributed by atoms with Crippen molar-refractivity contribution in [2.45, 2.75) is 26.7 Å². The Morgan fingerprint density at radius 2 is 2.16 bits per heavy atom. The highest BCUT2D eigenvalue weighted by Crippen LogP contribution is 2.38. The maximum Gasteiger partial charge on any atom is 0.263 e. The van der Waals surface area contributed by atoms with Gasteiger partial charge in [-0.2, -0.15) is 0 Å². The van der Waals surface area contributed by atoms with Crippen LogP contribution in [0.25, 0.3) is 0 Å². The molecule has 2 amide bonds. The van der Waals surface area contributed by atoms with Crippen LogP contribution in [0.4, 0.5) is 5.69 Å². The van der Waals surface area contributed by atoms with Gasteiger partial charge in [0.2, 0.25) is 11.8 Å². The number of ether oxygens (including phenoxy) is 1. The van der Waals surface area contributed by atoms with E-state index in [1.165, 1.54) is 0 Å². The Labute approximate surface area is 146 Å². The van der Waals surface area contributed by atoms with E-state index in [-0.39, 0.29) is 30.7 Å². The summed E-state index contributed by atoms with van der Waals surface area (Å²) in [5.74, 6) is 0.567. The van der Waals surface area contributed by atoms with Crippen molar-refractivity contribution in [2.24, 2.45) is 0 Å². The minimum Gasteiger partial charge on any atom is -0.436 e. The van der Waals surface area contributed by atoms with Crippen molar-refractivity contribution in [3.05, 3.63) is 47.7 Å². The molecule has 0 fully saturated rings. The predicted octanol–water partition coefficient (Wildman–Crippen LogP) is 3.06. The molecular formula is C19H21N3O3. The number of fused-ring (bicyclic) bond motifs is 2. The molecule has 1 N–H and O–H groups in total. The van der Waals surface area contributed by atoms with Crippen molar-refractivity contribution in [2.75, 3.05) is 18.0 Å². The SMILES string of the molecule is CCCNC(=O)CCN1C(=O)c2cccnc2Oc2ccc(C)cc21. The minimum absolute atomic E-state index is 0.0690. The Balaban J connectivity index is 1.93. The number of carbonyl (C=O) groups is 2. The lowest BCUT2D eigenvalue weighted by Gasteiger charge is -2.22. The first-order valence-corrected chi connectivity index (χ1v) is 8.42. The fourth-order valence-corrected chi connectivity index (χ4v) is 2.71. The molecule has 0 aliphatic carbocycles. The number of amides is 2. The second-order valence-corrected chi connectivity index (χ2v) is 5.99. The smallest absolute Gasteiger partial charge is 0.263 e. The third kappa shape index (κ3) is 3.63. The van der Waals surface area contributed by atoms with Crippen LogP contribution < -0.4 is 15.0 Å². The molecular weight excluding hydrogens is 318 g/mol. The molecule has 0 spiro atoms. The summed E-state index contributed by atoms with van der Waals surface area (Å²) in [6, 6.07) is 9.03. The Morgan fingerprint density at radius 3 is 2.96 bits per heavy atom. The standard InChI is InChI=1S/C19H21N3O3/c1-3-9-20-17(23)8-11-22-15-12-13(2)6-7-16(15)25-18-14(19(22)24)5-4-10-21-18/h4-7,10,12H,3,8-9,11H2,1-2H3,(H,20,23). The van der Waals surface area contributed by atoms with Gasteiger partial charge in [0.1, 0.15) is 5.56 Å². The summed E-state index contributed by atoms with van der Waals surface area (Å²) in [6.07, 6.45) is 2.70. The molecule has 2 aromatic rings. The van der Waals surface area contributed by atoms with E-state index >= 15 is 0 Å². The number of carbonyl (C=O) groups excluding carboxylic acids is 2. The van der Waals surface area contributed by atoms with E-state index in [1.807, 2.05) is 32.0 Å². The molecule has 0 atom stereocenters. The lowest BCUT2D eigenvalue weighted by Crippen LogP contribution is -2.35. The van der Waals surface area contributed by atoms with E-state index in [1.54, 1.807) is 23.2 Å². The van der Waals surface area contributed by atoms with Crippen LogP contribution in [0.1, 0.15) is 35.7 Å². The monoisotopic (exact) mass is 339 g/mol. The van der Waals surface area contributed by atoms with Crippen molar-refractivity contribution in [3.8, 4) is 11.6 Å². The van der Waals surface area contributed by atoms with Crippen molar-refractivity contribution >= 4 is 17.5 Å². The first kappa shape index (κ1) is 17.0. The summed E-state index contributed by atoms with van der Waals surface area (Å²) in [7, 11) is 0. The van der Waals surface area contributed by atoms with Gasteiger partial charge in [0.25, 0.3) is 5.91 Å². The van der Waals surface area contributed by atoms with E-state index in [0.29, 0.717) is 23.5 Å². The summed E-state index contributed by atoms with van der Waals surface area (Å²) in [5.41, 5.74) is 2.06. The summed E-state index contributed by atoms with van der Waals surface area (Å²) in [5, 5.41) is 2.84. The predicted molar refractivity (Wildman–Crippen MR) is 95.1 cm³/mol. The molecule has 0 saturated heterocycles. The van der Waals surface area contributed by atoms with Crippen LogP contribution in [0, 0.1) is 6.92 Å². The number of rotatable bonds is 5. The van der Waals surface area contributed by atoms with Gasteiger partial charge in [-0.1, -0.05) is 13.0 Å². The molecule has 1 aliphatic heterocycles. The average molecular weight is 339 g/mol. The Bertz CT molecular complexity index is 804. The molecule has 25 heavy (non-hydrogen) atoms. The summed E-state index contributed by atoms with van der Waals surface area (Å²) in [6.45, 7) is 4.87. The number of nitrogens with one attached hydrogen (secondary N) is 1. The van der Waals surface area contributed by atoms with E-state index in [9.17, 15) is 9.59 Å². The topological polar surface area (TPSA) is 71.5 Å². The quantitative estimate of drug-likeness (QED) is 0.909. The number of nitrogens with zero attached hydrogens (tertiary/aromatic N) is 2. The van der Waals surface area contributed by atoms with Crippen molar-refractivity contribution in [3.63, 3.8) is 0 Å². The van der Waals surface area contributed by atoms with Crippen LogP contribution in [-0.2, 0) is 4.79 Å². The molecule has 1 aromatic heterocycles. The van der Waals surface area contributed by atoms with Gasteiger partial charge >= 0.3 is 0 Å². The van der Waals surface area contributed by atoms with E-state index < -0.39 is 0 Å². The maximum atomic E-state index is 13.0. The normalized spacial score (nSPS) is 12.7. The van der Waals surface area contributed by atoms with Gasteiger partial charge in [0, 0.05) is 25.7 Å². The van der Waals surface area contributed by atoms with Crippen LogP contribution in [0.2, 0.25) is 0 Å². The van der Waals surface area contributed by atoms with Gasteiger partial charge in [0.05, 0.1) is 5.69 Å².